The second-order valence-electron chi connectivity index (χ2n) is 6.37. The van der Waals surface area contributed by atoms with Gasteiger partial charge >= 0.3 is 0 Å². The molecule has 0 bridgehead atoms. The van der Waals surface area contributed by atoms with Gasteiger partial charge in [0.15, 0.2) is 27.2 Å². The topological polar surface area (TPSA) is 126 Å². The Morgan fingerprint density at radius 3 is 2.73 bits per heavy atom. The van der Waals surface area contributed by atoms with E-state index in [2.05, 4.69) is 10.1 Å². The molecule has 1 aromatic carbocycles. The number of nitrogens with two attached hydrogens (primary N) is 1. The number of hydrogen-bond acceptors (Lipinski definition) is 7. The van der Waals surface area contributed by atoms with Gasteiger partial charge in [0, 0.05) is 12.0 Å². The molecule has 9 nitrogen and oxygen atoms in total. The quantitative estimate of drug-likeness (QED) is 0.791. The summed E-state index contributed by atoms with van der Waals surface area (Å²) < 4.78 is 36.4. The molecule has 2 aromatic rings. The Kier molecular flexibility index (Phi) is 4.06. The van der Waals surface area contributed by atoms with Crippen molar-refractivity contribution in [3.8, 4) is 17.2 Å². The average Bonchev–Trinajstić information content (AvgIpc) is 3.17. The Morgan fingerprint density at radius 2 is 2.04 bits per heavy atom. The lowest BCUT2D eigenvalue weighted by Crippen LogP contribution is -2.16. The molecule has 26 heavy (non-hydrogen) atoms. The molecule has 2 N–H and O–H groups in total. The molecule has 1 amide bonds. The largest absolute Gasteiger partial charge is 0.486 e. The van der Waals surface area contributed by atoms with Crippen LogP contribution in [0.4, 0.5) is 0 Å². The first kappa shape index (κ1) is 16.8. The molecule has 1 saturated heterocycles. The smallest absolute Gasteiger partial charge is 0.225 e. The van der Waals surface area contributed by atoms with Gasteiger partial charge in [0.2, 0.25) is 5.91 Å². The highest BCUT2D eigenvalue weighted by Crippen LogP contribution is 2.34. The van der Waals surface area contributed by atoms with Crippen molar-refractivity contribution in [3.05, 3.63) is 29.8 Å². The van der Waals surface area contributed by atoms with Gasteiger partial charge in [-0.15, -0.1) is 0 Å². The van der Waals surface area contributed by atoms with Gasteiger partial charge in [-0.05, 0) is 18.6 Å². The fourth-order valence-corrected chi connectivity index (χ4v) is 4.96. The van der Waals surface area contributed by atoms with Crippen molar-refractivity contribution in [2.75, 3.05) is 24.7 Å². The molecule has 10 heteroatoms. The van der Waals surface area contributed by atoms with Crippen molar-refractivity contribution in [2.45, 2.75) is 18.8 Å². The summed E-state index contributed by atoms with van der Waals surface area (Å²) in [5.74, 6) is 1.33. The number of aromatic nitrogens is 3. The Hall–Kier alpha value is -2.62. The van der Waals surface area contributed by atoms with Crippen molar-refractivity contribution in [1.82, 2.24) is 14.8 Å². The molecule has 0 spiro atoms. The zero-order valence-electron chi connectivity index (χ0n) is 13.9. The van der Waals surface area contributed by atoms with Crippen LogP contribution in [-0.4, -0.2) is 53.8 Å². The van der Waals surface area contributed by atoms with E-state index in [1.165, 1.54) is 0 Å². The summed E-state index contributed by atoms with van der Waals surface area (Å²) >= 11 is 0. The van der Waals surface area contributed by atoms with Gasteiger partial charge in [-0.25, -0.2) is 18.1 Å². The van der Waals surface area contributed by atoms with E-state index in [1.54, 1.807) is 22.9 Å². The number of carbonyl (C=O) groups is 1. The third-order valence-electron chi connectivity index (χ3n) is 4.38. The van der Waals surface area contributed by atoms with E-state index >= 15 is 0 Å². The number of rotatable bonds is 4. The van der Waals surface area contributed by atoms with Crippen LogP contribution in [0.1, 0.15) is 24.0 Å². The number of hydrogen-bond donors (Lipinski definition) is 1. The number of sulfone groups is 1. The van der Waals surface area contributed by atoms with Gasteiger partial charge in [-0.2, -0.15) is 5.10 Å². The molecule has 1 aromatic heterocycles. The van der Waals surface area contributed by atoms with E-state index in [1.807, 2.05) is 0 Å². The van der Waals surface area contributed by atoms with E-state index in [4.69, 9.17) is 15.2 Å². The molecule has 3 heterocycles. The summed E-state index contributed by atoms with van der Waals surface area (Å²) in [7, 11) is -3.09. The maximum atomic E-state index is 11.9. The first-order chi connectivity index (χ1) is 12.4. The minimum atomic E-state index is -3.09. The van der Waals surface area contributed by atoms with Crippen LogP contribution in [0.5, 0.6) is 11.5 Å². The van der Waals surface area contributed by atoms with E-state index in [9.17, 15) is 13.2 Å². The van der Waals surface area contributed by atoms with Crippen LogP contribution < -0.4 is 15.2 Å². The molecular weight excluding hydrogens is 360 g/mol. The summed E-state index contributed by atoms with van der Waals surface area (Å²) in [6.07, 6.45) is 0.367. The minimum absolute atomic E-state index is 0.0201. The number of amides is 1. The lowest BCUT2D eigenvalue weighted by molar-refractivity contribution is -0.117. The molecule has 4 rings (SSSR count). The standard InChI is InChI=1S/C16H18N4O5S/c17-14(21)8-15-18-16(10-3-6-26(22,23)9-10)20(19-15)11-1-2-12-13(7-11)25-5-4-24-12/h1-2,7,10H,3-6,8-9H2,(H2,17,21). The predicted molar refractivity (Wildman–Crippen MR) is 91.3 cm³/mol. The minimum Gasteiger partial charge on any atom is -0.486 e. The Labute approximate surface area is 150 Å². The Bertz CT molecular complexity index is 969. The van der Waals surface area contributed by atoms with Crippen molar-refractivity contribution in [1.29, 1.82) is 0 Å². The molecule has 138 valence electrons. The van der Waals surface area contributed by atoms with Gasteiger partial charge in [0.1, 0.15) is 19.0 Å². The van der Waals surface area contributed by atoms with Crippen molar-refractivity contribution in [2.24, 2.45) is 5.73 Å². The lowest BCUT2D eigenvalue weighted by Gasteiger charge is -2.19. The molecule has 0 saturated carbocycles. The summed E-state index contributed by atoms with van der Waals surface area (Å²) in [4.78, 5) is 15.6. The first-order valence-corrected chi connectivity index (χ1v) is 10.1. The second kappa shape index (κ2) is 6.27. The fraction of sp³-hybridized carbons (Fsp3) is 0.438. The maximum Gasteiger partial charge on any atom is 0.225 e. The van der Waals surface area contributed by atoms with Crippen LogP contribution >= 0.6 is 0 Å². The first-order valence-electron chi connectivity index (χ1n) is 8.26. The van der Waals surface area contributed by atoms with Crippen molar-refractivity contribution in [3.63, 3.8) is 0 Å². The highest BCUT2D eigenvalue weighted by Gasteiger charge is 2.33. The van der Waals surface area contributed by atoms with Crippen LogP contribution in [0.25, 0.3) is 5.69 Å². The molecule has 1 atom stereocenters. The number of carbonyl (C=O) groups excluding carboxylic acids is 1. The molecule has 0 aliphatic carbocycles. The van der Waals surface area contributed by atoms with Crippen LogP contribution in [0, 0.1) is 0 Å². The van der Waals surface area contributed by atoms with Crippen molar-refractivity contribution >= 4 is 15.7 Å². The number of primary amides is 1. The van der Waals surface area contributed by atoms with Gasteiger partial charge in [-0.3, -0.25) is 4.79 Å². The number of ether oxygens (including phenoxy) is 2. The maximum absolute atomic E-state index is 11.9. The third-order valence-corrected chi connectivity index (χ3v) is 6.14. The monoisotopic (exact) mass is 378 g/mol. The normalized spacial score (nSPS) is 20.8. The predicted octanol–water partition coefficient (Wildman–Crippen LogP) is -0.0316. The fourth-order valence-electron chi connectivity index (χ4n) is 3.22. The van der Waals surface area contributed by atoms with Gasteiger partial charge in [-0.1, -0.05) is 0 Å². The summed E-state index contributed by atoms with van der Waals surface area (Å²) in [5.41, 5.74) is 5.91. The third kappa shape index (κ3) is 3.24. The number of fused-ring (bicyclic) bond motifs is 1. The highest BCUT2D eigenvalue weighted by atomic mass is 32.2. The van der Waals surface area contributed by atoms with Crippen LogP contribution in [0.2, 0.25) is 0 Å². The second-order valence-corrected chi connectivity index (χ2v) is 8.60. The molecular formula is C16H18N4O5S. The molecule has 1 fully saturated rings. The van der Waals surface area contributed by atoms with Gasteiger partial charge < -0.3 is 15.2 Å². The SMILES string of the molecule is NC(=O)Cc1nc(C2CCS(=O)(=O)C2)n(-c2ccc3c(c2)OCCO3)n1. The van der Waals surface area contributed by atoms with E-state index in [0.29, 0.717) is 42.6 Å². The van der Waals surface area contributed by atoms with Crippen LogP contribution in [0.3, 0.4) is 0 Å². The average molecular weight is 378 g/mol. The zero-order chi connectivity index (χ0) is 18.3. The Morgan fingerprint density at radius 1 is 1.27 bits per heavy atom. The van der Waals surface area contributed by atoms with E-state index in [0.717, 1.165) is 0 Å². The van der Waals surface area contributed by atoms with Gasteiger partial charge in [0.05, 0.1) is 23.6 Å². The van der Waals surface area contributed by atoms with Crippen molar-refractivity contribution < 1.29 is 22.7 Å². The van der Waals surface area contributed by atoms with E-state index < -0.39 is 15.7 Å². The highest BCUT2D eigenvalue weighted by molar-refractivity contribution is 7.91. The summed E-state index contributed by atoms with van der Waals surface area (Å²) in [6.45, 7) is 0.943. The molecule has 1 unspecified atom stereocenters. The number of benzene rings is 1. The molecule has 0 radical (unpaired) electrons. The van der Waals surface area contributed by atoms with E-state index in [-0.39, 0.29) is 29.7 Å². The van der Waals surface area contributed by atoms with Crippen LogP contribution in [0.15, 0.2) is 18.2 Å². The molecule has 2 aliphatic rings. The summed E-state index contributed by atoms with van der Waals surface area (Å²) in [6, 6.07) is 5.34. The van der Waals surface area contributed by atoms with Crippen LogP contribution in [-0.2, 0) is 21.1 Å². The zero-order valence-corrected chi connectivity index (χ0v) is 14.7. The molecule has 2 aliphatic heterocycles. The Balaban J connectivity index is 1.76. The van der Waals surface area contributed by atoms with Gasteiger partial charge in [0.25, 0.3) is 0 Å². The summed E-state index contributed by atoms with van der Waals surface area (Å²) in [5, 5.41) is 4.38. The lowest BCUT2D eigenvalue weighted by atomic mass is 10.1. The number of nitrogens with zero attached hydrogens (tertiary/aromatic N) is 3.